The molecule has 0 bridgehead atoms. The van der Waals surface area contributed by atoms with Gasteiger partial charge >= 0.3 is 6.09 Å². The van der Waals surface area contributed by atoms with Crippen LogP contribution in [-0.4, -0.2) is 59.8 Å². The topological polar surface area (TPSA) is 78.9 Å². The number of likely N-dealkylation sites (tertiary alicyclic amines) is 1. The molecule has 7 nitrogen and oxygen atoms in total. The van der Waals surface area contributed by atoms with Gasteiger partial charge in [-0.2, -0.15) is 0 Å². The van der Waals surface area contributed by atoms with Gasteiger partial charge in [-0.05, 0) is 40.5 Å². The minimum Gasteiger partial charge on any atom is -0.444 e. The van der Waals surface area contributed by atoms with Gasteiger partial charge in [0.25, 0.3) is 0 Å². The third kappa shape index (κ3) is 7.36. The van der Waals surface area contributed by atoms with Crippen molar-refractivity contribution in [2.75, 3.05) is 26.2 Å². The van der Waals surface area contributed by atoms with Crippen LogP contribution >= 0.6 is 11.3 Å². The Balaban J connectivity index is 1.85. The van der Waals surface area contributed by atoms with E-state index in [1.807, 2.05) is 27.0 Å². The number of ether oxygens (including phenoxy) is 1. The zero-order chi connectivity index (χ0) is 19.9. The maximum absolute atomic E-state index is 12.0. The van der Waals surface area contributed by atoms with Crippen molar-refractivity contribution in [3.05, 3.63) is 16.1 Å². The maximum Gasteiger partial charge on any atom is 0.407 e. The van der Waals surface area contributed by atoms with Crippen molar-refractivity contribution < 1.29 is 9.53 Å². The average molecular weight is 396 g/mol. The number of nitrogens with zero attached hydrogens (tertiary/aromatic N) is 3. The molecule has 1 fully saturated rings. The summed E-state index contributed by atoms with van der Waals surface area (Å²) in [6.07, 6.45) is 4.38. The number of amides is 1. The van der Waals surface area contributed by atoms with Crippen molar-refractivity contribution in [3.63, 3.8) is 0 Å². The van der Waals surface area contributed by atoms with Gasteiger partial charge in [-0.1, -0.05) is 6.92 Å². The lowest BCUT2D eigenvalue weighted by Gasteiger charge is -2.23. The highest BCUT2D eigenvalue weighted by Crippen LogP contribution is 2.15. The van der Waals surface area contributed by atoms with Gasteiger partial charge in [-0.25, -0.2) is 9.78 Å². The molecule has 8 heteroatoms. The summed E-state index contributed by atoms with van der Waals surface area (Å²) < 4.78 is 5.35. The van der Waals surface area contributed by atoms with E-state index in [0.29, 0.717) is 6.54 Å². The molecule has 0 aromatic carbocycles. The molecular formula is C19H33N5O2S. The second-order valence-electron chi connectivity index (χ2n) is 7.64. The maximum atomic E-state index is 12.0. The van der Waals surface area contributed by atoms with Gasteiger partial charge in [-0.3, -0.25) is 4.99 Å². The Kier molecular flexibility index (Phi) is 7.89. The molecule has 0 aliphatic carbocycles. The zero-order valence-corrected chi connectivity index (χ0v) is 18.0. The molecule has 2 heterocycles. The predicted octanol–water partition coefficient (Wildman–Crippen LogP) is 2.81. The van der Waals surface area contributed by atoms with E-state index in [1.165, 1.54) is 4.88 Å². The fourth-order valence-corrected chi connectivity index (χ4v) is 3.71. The molecule has 2 N–H and O–H groups in total. The number of aromatic nitrogens is 1. The smallest absolute Gasteiger partial charge is 0.407 e. The van der Waals surface area contributed by atoms with Gasteiger partial charge in [-0.15, -0.1) is 11.3 Å². The van der Waals surface area contributed by atoms with E-state index in [4.69, 9.17) is 9.73 Å². The number of nitrogens with one attached hydrogen (secondary N) is 2. The molecular weight excluding hydrogens is 362 g/mol. The molecule has 152 valence electrons. The predicted molar refractivity (Wildman–Crippen MR) is 111 cm³/mol. The summed E-state index contributed by atoms with van der Waals surface area (Å²) in [4.78, 5) is 24.7. The number of aliphatic imine (C=N–C) groups is 1. The number of aryl methyl sites for hydroxylation is 1. The van der Waals surface area contributed by atoms with E-state index in [2.05, 4.69) is 34.4 Å². The van der Waals surface area contributed by atoms with Crippen LogP contribution in [0.3, 0.4) is 0 Å². The molecule has 1 aliphatic rings. The van der Waals surface area contributed by atoms with Crippen LogP contribution in [0.5, 0.6) is 0 Å². The minimum atomic E-state index is -0.480. The lowest BCUT2D eigenvalue weighted by atomic mass is 10.2. The Morgan fingerprint density at radius 2 is 2.22 bits per heavy atom. The van der Waals surface area contributed by atoms with E-state index in [9.17, 15) is 4.79 Å². The summed E-state index contributed by atoms with van der Waals surface area (Å²) in [6, 6.07) is 0.0785. The van der Waals surface area contributed by atoms with Crippen molar-refractivity contribution in [1.29, 1.82) is 0 Å². The van der Waals surface area contributed by atoms with Crippen LogP contribution in [0.1, 0.15) is 50.9 Å². The largest absolute Gasteiger partial charge is 0.444 e. The van der Waals surface area contributed by atoms with Gasteiger partial charge in [0.05, 0.1) is 11.0 Å². The van der Waals surface area contributed by atoms with E-state index in [1.54, 1.807) is 11.3 Å². The summed E-state index contributed by atoms with van der Waals surface area (Å²) in [5.41, 5.74) is -0.480. The van der Waals surface area contributed by atoms with Crippen LogP contribution in [0.25, 0.3) is 0 Å². The first-order valence-corrected chi connectivity index (χ1v) is 10.6. The van der Waals surface area contributed by atoms with Crippen molar-refractivity contribution in [2.45, 2.75) is 65.5 Å². The highest BCUT2D eigenvalue weighted by Gasteiger charge is 2.27. The molecule has 27 heavy (non-hydrogen) atoms. The van der Waals surface area contributed by atoms with Crippen LogP contribution < -0.4 is 10.6 Å². The van der Waals surface area contributed by atoms with E-state index < -0.39 is 5.60 Å². The molecule has 1 saturated heterocycles. The second-order valence-corrected chi connectivity index (χ2v) is 8.84. The standard InChI is InChI=1S/C19H33N5O2S/c1-6-15-12-22-16(27-15)8-10-21-17(20-7-2)24-11-9-14(13-24)23-18(25)26-19(3,4)5/h12,14H,6-11,13H2,1-5H3,(H,20,21)(H,23,25). The van der Waals surface area contributed by atoms with Gasteiger partial charge in [0, 0.05) is 43.7 Å². The normalized spacial score (nSPS) is 17.9. The fraction of sp³-hybridized carbons (Fsp3) is 0.737. The van der Waals surface area contributed by atoms with Gasteiger partial charge in [0.15, 0.2) is 5.96 Å². The van der Waals surface area contributed by atoms with E-state index in [0.717, 1.165) is 49.9 Å². The molecule has 1 unspecified atom stereocenters. The number of guanidine groups is 1. The second kappa shape index (κ2) is 9.92. The Morgan fingerprint density at radius 3 is 2.85 bits per heavy atom. The van der Waals surface area contributed by atoms with Crippen molar-refractivity contribution in [2.24, 2.45) is 4.99 Å². The third-order valence-electron chi connectivity index (χ3n) is 4.08. The van der Waals surface area contributed by atoms with Crippen molar-refractivity contribution >= 4 is 23.4 Å². The first-order chi connectivity index (χ1) is 12.8. The third-order valence-corrected chi connectivity index (χ3v) is 5.28. The lowest BCUT2D eigenvalue weighted by Crippen LogP contribution is -2.44. The van der Waals surface area contributed by atoms with Crippen molar-refractivity contribution in [3.8, 4) is 0 Å². The Hall–Kier alpha value is -1.83. The molecule has 1 atom stereocenters. The number of thiazole rings is 1. The van der Waals surface area contributed by atoms with Gasteiger partial charge in [0.1, 0.15) is 5.60 Å². The number of carbonyl (C=O) groups is 1. The Bertz CT molecular complexity index is 638. The molecule has 0 radical (unpaired) electrons. The lowest BCUT2D eigenvalue weighted by molar-refractivity contribution is 0.0507. The monoisotopic (exact) mass is 395 g/mol. The van der Waals surface area contributed by atoms with Crippen LogP contribution in [0, 0.1) is 0 Å². The van der Waals surface area contributed by atoms with Crippen LogP contribution in [0.2, 0.25) is 0 Å². The fourth-order valence-electron chi connectivity index (χ4n) is 2.86. The summed E-state index contributed by atoms with van der Waals surface area (Å²) in [6.45, 7) is 13.0. The molecule has 0 spiro atoms. The molecule has 1 amide bonds. The average Bonchev–Trinajstić information content (AvgIpc) is 3.21. The quantitative estimate of drug-likeness (QED) is 0.572. The number of rotatable bonds is 6. The molecule has 2 rings (SSSR count). The first-order valence-electron chi connectivity index (χ1n) is 9.77. The first kappa shape index (κ1) is 21.5. The highest BCUT2D eigenvalue weighted by molar-refractivity contribution is 7.11. The summed E-state index contributed by atoms with van der Waals surface area (Å²) >= 11 is 1.77. The van der Waals surface area contributed by atoms with Crippen LogP contribution in [0.15, 0.2) is 11.2 Å². The molecule has 1 aromatic heterocycles. The van der Waals surface area contributed by atoms with E-state index >= 15 is 0 Å². The van der Waals surface area contributed by atoms with Crippen LogP contribution in [0.4, 0.5) is 4.79 Å². The zero-order valence-electron chi connectivity index (χ0n) is 17.2. The molecule has 1 aromatic rings. The number of alkyl carbamates (subject to hydrolysis) is 1. The number of hydrogen-bond donors (Lipinski definition) is 2. The Labute approximate surface area is 166 Å². The summed E-state index contributed by atoms with van der Waals surface area (Å²) in [7, 11) is 0. The Morgan fingerprint density at radius 1 is 1.44 bits per heavy atom. The number of hydrogen-bond acceptors (Lipinski definition) is 5. The van der Waals surface area contributed by atoms with Gasteiger partial charge < -0.3 is 20.3 Å². The summed E-state index contributed by atoms with van der Waals surface area (Å²) in [5, 5.41) is 7.45. The minimum absolute atomic E-state index is 0.0785. The number of carbonyl (C=O) groups excluding carboxylic acids is 1. The van der Waals surface area contributed by atoms with Crippen molar-refractivity contribution in [1.82, 2.24) is 20.5 Å². The van der Waals surface area contributed by atoms with Crippen LogP contribution in [-0.2, 0) is 17.6 Å². The molecule has 1 aliphatic heterocycles. The summed E-state index contributed by atoms with van der Waals surface area (Å²) in [5.74, 6) is 0.901. The van der Waals surface area contributed by atoms with E-state index in [-0.39, 0.29) is 12.1 Å². The SMILES string of the molecule is CCNC(=NCCc1ncc(CC)s1)N1CCC(NC(=O)OC(C)(C)C)C1. The molecule has 0 saturated carbocycles. The van der Waals surface area contributed by atoms with Gasteiger partial charge in [0.2, 0.25) is 0 Å². The highest BCUT2D eigenvalue weighted by atomic mass is 32.1.